The number of benzene rings is 1. The molecule has 0 aliphatic rings. The van der Waals surface area contributed by atoms with Gasteiger partial charge in [0, 0.05) is 13.1 Å². The third-order valence-corrected chi connectivity index (χ3v) is 2.42. The van der Waals surface area contributed by atoms with E-state index < -0.39 is 0 Å². The monoisotopic (exact) mass is 247 g/mol. The van der Waals surface area contributed by atoms with E-state index in [9.17, 15) is 4.39 Å². The lowest BCUT2D eigenvalue weighted by molar-refractivity contribution is 0.455. The maximum atomic E-state index is 13.0. The molecule has 2 aromatic rings. The molecular formula is C13H14FN3O. The van der Waals surface area contributed by atoms with Crippen molar-refractivity contribution in [1.29, 1.82) is 0 Å². The molecule has 5 heteroatoms. The minimum absolute atomic E-state index is 0.283. The Kier molecular flexibility index (Phi) is 3.41. The topological polar surface area (TPSA) is 47.0 Å². The van der Waals surface area contributed by atoms with Crippen molar-refractivity contribution >= 4 is 5.82 Å². The predicted molar refractivity (Wildman–Crippen MR) is 67.5 cm³/mol. The van der Waals surface area contributed by atoms with E-state index >= 15 is 0 Å². The van der Waals surface area contributed by atoms with Crippen molar-refractivity contribution in [1.82, 2.24) is 9.97 Å². The van der Waals surface area contributed by atoms with Gasteiger partial charge >= 0.3 is 0 Å². The predicted octanol–water partition coefficient (Wildman–Crippen LogP) is 3.07. The molecule has 0 saturated carbocycles. The SMILES string of the molecule is CNc1cc(Oc2ccc(F)cc2C)nc(C)n1. The molecule has 1 aromatic heterocycles. The zero-order valence-electron chi connectivity index (χ0n) is 10.5. The Morgan fingerprint density at radius 2 is 1.94 bits per heavy atom. The van der Waals surface area contributed by atoms with Gasteiger partial charge in [0.1, 0.15) is 23.2 Å². The van der Waals surface area contributed by atoms with Crippen molar-refractivity contribution in [3.05, 3.63) is 41.5 Å². The van der Waals surface area contributed by atoms with Gasteiger partial charge in [0.25, 0.3) is 0 Å². The fraction of sp³-hybridized carbons (Fsp3) is 0.231. The van der Waals surface area contributed by atoms with Crippen molar-refractivity contribution in [2.45, 2.75) is 13.8 Å². The lowest BCUT2D eigenvalue weighted by Crippen LogP contribution is -1.99. The summed E-state index contributed by atoms with van der Waals surface area (Å²) in [5, 5.41) is 2.93. The Balaban J connectivity index is 2.30. The first-order valence-electron chi connectivity index (χ1n) is 5.56. The van der Waals surface area contributed by atoms with Crippen LogP contribution in [0.1, 0.15) is 11.4 Å². The number of rotatable bonds is 3. The van der Waals surface area contributed by atoms with Crippen LogP contribution in [0.2, 0.25) is 0 Å². The number of anilines is 1. The molecule has 2 rings (SSSR count). The van der Waals surface area contributed by atoms with E-state index in [4.69, 9.17) is 4.74 Å². The van der Waals surface area contributed by atoms with E-state index in [2.05, 4.69) is 15.3 Å². The number of hydrogen-bond donors (Lipinski definition) is 1. The van der Waals surface area contributed by atoms with E-state index in [1.807, 2.05) is 0 Å². The molecule has 1 heterocycles. The van der Waals surface area contributed by atoms with Crippen LogP contribution in [0.25, 0.3) is 0 Å². The third kappa shape index (κ3) is 2.74. The van der Waals surface area contributed by atoms with Crippen LogP contribution in [-0.2, 0) is 0 Å². The number of hydrogen-bond acceptors (Lipinski definition) is 4. The Bertz CT molecular complexity index is 572. The van der Waals surface area contributed by atoms with E-state index in [0.717, 1.165) is 5.56 Å². The molecule has 0 spiro atoms. The summed E-state index contributed by atoms with van der Waals surface area (Å²) in [6, 6.07) is 6.05. The molecule has 0 fully saturated rings. The first-order chi connectivity index (χ1) is 8.58. The fourth-order valence-electron chi connectivity index (χ4n) is 1.56. The second-order valence-electron chi connectivity index (χ2n) is 3.90. The highest BCUT2D eigenvalue weighted by molar-refractivity contribution is 5.41. The van der Waals surface area contributed by atoms with Gasteiger partial charge in [0.15, 0.2) is 0 Å². The average Bonchev–Trinajstić information content (AvgIpc) is 2.32. The van der Waals surface area contributed by atoms with Gasteiger partial charge in [-0.1, -0.05) is 0 Å². The molecule has 0 amide bonds. The summed E-state index contributed by atoms with van der Waals surface area (Å²) in [5.41, 5.74) is 0.720. The Morgan fingerprint density at radius 1 is 1.17 bits per heavy atom. The van der Waals surface area contributed by atoms with Gasteiger partial charge in [-0.3, -0.25) is 0 Å². The summed E-state index contributed by atoms with van der Waals surface area (Å²) in [5.74, 6) is 2.02. The summed E-state index contributed by atoms with van der Waals surface area (Å²) >= 11 is 0. The van der Waals surface area contributed by atoms with Gasteiger partial charge in [0.05, 0.1) is 0 Å². The molecule has 18 heavy (non-hydrogen) atoms. The number of aromatic nitrogens is 2. The van der Waals surface area contributed by atoms with Crippen LogP contribution in [-0.4, -0.2) is 17.0 Å². The molecule has 0 radical (unpaired) electrons. The van der Waals surface area contributed by atoms with Crippen LogP contribution in [0.4, 0.5) is 10.2 Å². The summed E-state index contributed by atoms with van der Waals surface area (Å²) in [7, 11) is 1.77. The maximum Gasteiger partial charge on any atom is 0.224 e. The normalized spacial score (nSPS) is 10.2. The van der Waals surface area contributed by atoms with Gasteiger partial charge in [-0.15, -0.1) is 0 Å². The van der Waals surface area contributed by atoms with Gasteiger partial charge in [-0.2, -0.15) is 4.98 Å². The molecule has 4 nitrogen and oxygen atoms in total. The van der Waals surface area contributed by atoms with Crippen LogP contribution < -0.4 is 10.1 Å². The van der Waals surface area contributed by atoms with Crippen LogP contribution in [0, 0.1) is 19.7 Å². The lowest BCUT2D eigenvalue weighted by Gasteiger charge is -2.09. The van der Waals surface area contributed by atoms with E-state index in [0.29, 0.717) is 23.3 Å². The smallest absolute Gasteiger partial charge is 0.224 e. The highest BCUT2D eigenvalue weighted by atomic mass is 19.1. The summed E-state index contributed by atoms with van der Waals surface area (Å²) < 4.78 is 18.6. The largest absolute Gasteiger partial charge is 0.439 e. The van der Waals surface area contributed by atoms with Crippen molar-refractivity contribution in [3.8, 4) is 11.6 Å². The van der Waals surface area contributed by atoms with Gasteiger partial charge < -0.3 is 10.1 Å². The average molecular weight is 247 g/mol. The third-order valence-electron chi connectivity index (χ3n) is 2.42. The number of halogens is 1. The molecule has 1 aromatic carbocycles. The zero-order valence-corrected chi connectivity index (χ0v) is 10.5. The molecule has 1 N–H and O–H groups in total. The number of ether oxygens (including phenoxy) is 1. The summed E-state index contributed by atoms with van der Waals surface area (Å²) in [4.78, 5) is 8.34. The van der Waals surface area contributed by atoms with Gasteiger partial charge in [-0.05, 0) is 37.6 Å². The first-order valence-corrected chi connectivity index (χ1v) is 5.56. The molecule has 0 atom stereocenters. The van der Waals surface area contributed by atoms with E-state index in [1.54, 1.807) is 33.0 Å². The minimum atomic E-state index is -0.283. The first kappa shape index (κ1) is 12.3. The second kappa shape index (κ2) is 5.00. The highest BCUT2D eigenvalue weighted by Gasteiger charge is 2.06. The lowest BCUT2D eigenvalue weighted by atomic mass is 10.2. The molecule has 0 unspecified atom stereocenters. The Hall–Kier alpha value is -2.17. The molecule has 0 aliphatic heterocycles. The van der Waals surface area contributed by atoms with Crippen LogP contribution in [0.3, 0.4) is 0 Å². The molecular weight excluding hydrogens is 233 g/mol. The van der Waals surface area contributed by atoms with Crippen LogP contribution >= 0.6 is 0 Å². The van der Waals surface area contributed by atoms with E-state index in [-0.39, 0.29) is 5.82 Å². The number of nitrogens with one attached hydrogen (secondary N) is 1. The molecule has 0 aliphatic carbocycles. The summed E-state index contributed by atoms with van der Waals surface area (Å²) in [6.07, 6.45) is 0. The maximum absolute atomic E-state index is 13.0. The van der Waals surface area contributed by atoms with Gasteiger partial charge in [-0.25, -0.2) is 9.37 Å². The second-order valence-corrected chi connectivity index (χ2v) is 3.90. The molecule has 0 bridgehead atoms. The minimum Gasteiger partial charge on any atom is -0.439 e. The van der Waals surface area contributed by atoms with Crippen LogP contribution in [0.15, 0.2) is 24.3 Å². The van der Waals surface area contributed by atoms with Crippen molar-refractivity contribution in [2.75, 3.05) is 12.4 Å². The fourth-order valence-corrected chi connectivity index (χ4v) is 1.56. The molecule has 0 saturated heterocycles. The van der Waals surface area contributed by atoms with E-state index in [1.165, 1.54) is 12.1 Å². The standard InChI is InChI=1S/C13H14FN3O/c1-8-6-10(14)4-5-11(8)18-13-7-12(15-3)16-9(2)17-13/h4-7H,1-3H3,(H,15,16,17). The van der Waals surface area contributed by atoms with Crippen molar-refractivity contribution in [2.24, 2.45) is 0 Å². The Labute approximate surface area is 105 Å². The zero-order chi connectivity index (χ0) is 13.1. The van der Waals surface area contributed by atoms with Crippen molar-refractivity contribution < 1.29 is 9.13 Å². The van der Waals surface area contributed by atoms with Gasteiger partial charge in [0.2, 0.25) is 5.88 Å². The summed E-state index contributed by atoms with van der Waals surface area (Å²) in [6.45, 7) is 3.57. The quantitative estimate of drug-likeness (QED) is 0.905. The van der Waals surface area contributed by atoms with Crippen LogP contribution in [0.5, 0.6) is 11.6 Å². The molecule has 94 valence electrons. The Morgan fingerprint density at radius 3 is 2.61 bits per heavy atom. The van der Waals surface area contributed by atoms with Crippen molar-refractivity contribution in [3.63, 3.8) is 0 Å². The number of nitrogens with zero attached hydrogens (tertiary/aromatic N) is 2. The number of aryl methyl sites for hydroxylation is 2. The highest BCUT2D eigenvalue weighted by Crippen LogP contribution is 2.25.